The minimum absolute atomic E-state index is 0.122. The number of nitrogens with one attached hydrogen (secondary N) is 1. The van der Waals surface area contributed by atoms with Gasteiger partial charge in [-0.2, -0.15) is 0 Å². The van der Waals surface area contributed by atoms with Gasteiger partial charge in [-0.1, -0.05) is 60.7 Å². The molecule has 3 rings (SSSR count). The highest BCUT2D eigenvalue weighted by Gasteiger charge is 2.54. The molecular formula is C22H25N3O4. The van der Waals surface area contributed by atoms with E-state index in [0.29, 0.717) is 19.4 Å². The highest BCUT2D eigenvalue weighted by atomic mass is 16.6. The number of benzene rings is 2. The van der Waals surface area contributed by atoms with E-state index in [9.17, 15) is 14.4 Å². The Balaban J connectivity index is 1.77. The maximum atomic E-state index is 13.1. The molecule has 7 nitrogen and oxygen atoms in total. The van der Waals surface area contributed by atoms with Gasteiger partial charge in [0.2, 0.25) is 11.8 Å². The molecule has 1 fully saturated rings. The third-order valence-electron chi connectivity index (χ3n) is 5.23. The minimum Gasteiger partial charge on any atom is -0.445 e. The predicted molar refractivity (Wildman–Crippen MR) is 108 cm³/mol. The fourth-order valence-corrected chi connectivity index (χ4v) is 3.39. The molecule has 152 valence electrons. The molecule has 0 saturated carbocycles. The summed E-state index contributed by atoms with van der Waals surface area (Å²) in [4.78, 5) is 38.7. The maximum Gasteiger partial charge on any atom is 0.411 e. The molecule has 1 heterocycles. The first-order valence-corrected chi connectivity index (χ1v) is 9.55. The average Bonchev–Trinajstić information content (AvgIpc) is 2.71. The van der Waals surface area contributed by atoms with E-state index in [2.05, 4.69) is 5.32 Å². The zero-order valence-corrected chi connectivity index (χ0v) is 16.3. The van der Waals surface area contributed by atoms with Crippen LogP contribution in [0.25, 0.3) is 0 Å². The molecule has 0 radical (unpaired) electrons. The van der Waals surface area contributed by atoms with Crippen LogP contribution in [0.2, 0.25) is 0 Å². The first-order chi connectivity index (χ1) is 13.9. The molecular weight excluding hydrogens is 370 g/mol. The average molecular weight is 395 g/mol. The third-order valence-corrected chi connectivity index (χ3v) is 5.23. The van der Waals surface area contributed by atoms with E-state index in [1.165, 1.54) is 11.8 Å². The zero-order chi connectivity index (χ0) is 20.9. The van der Waals surface area contributed by atoms with Crippen LogP contribution in [0.5, 0.6) is 0 Å². The lowest BCUT2D eigenvalue weighted by atomic mass is 9.78. The summed E-state index contributed by atoms with van der Waals surface area (Å²) in [6, 6.07) is 18.0. The van der Waals surface area contributed by atoms with Gasteiger partial charge in [-0.15, -0.1) is 0 Å². The molecule has 3 amide bonds. The second kappa shape index (κ2) is 8.77. The van der Waals surface area contributed by atoms with Gasteiger partial charge < -0.3 is 15.8 Å². The Bertz CT molecular complexity index is 872. The Morgan fingerprint density at radius 1 is 1.07 bits per heavy atom. The van der Waals surface area contributed by atoms with Crippen LogP contribution in [0.1, 0.15) is 24.5 Å². The SMILES string of the molecule is C[C@@H](NC(=O)C1(Cc2ccccc2)CCN1C(=O)OCc1ccccc1)C(N)=O. The predicted octanol–water partition coefficient (Wildman–Crippen LogP) is 2.00. The van der Waals surface area contributed by atoms with E-state index in [0.717, 1.165) is 11.1 Å². The van der Waals surface area contributed by atoms with Gasteiger partial charge in [0.1, 0.15) is 18.2 Å². The van der Waals surface area contributed by atoms with Crippen molar-refractivity contribution in [2.24, 2.45) is 5.73 Å². The summed E-state index contributed by atoms with van der Waals surface area (Å²) in [7, 11) is 0. The van der Waals surface area contributed by atoms with Crippen molar-refractivity contribution in [3.63, 3.8) is 0 Å². The number of carbonyl (C=O) groups excluding carboxylic acids is 3. The Morgan fingerprint density at radius 2 is 1.66 bits per heavy atom. The first kappa shape index (κ1) is 20.4. The largest absolute Gasteiger partial charge is 0.445 e. The van der Waals surface area contributed by atoms with E-state index in [1.54, 1.807) is 0 Å². The number of nitrogens with zero attached hydrogens (tertiary/aromatic N) is 1. The minimum atomic E-state index is -1.11. The number of hydrogen-bond acceptors (Lipinski definition) is 4. The Labute approximate surface area is 169 Å². The number of amides is 3. The van der Waals surface area contributed by atoms with Crippen LogP contribution in [0.15, 0.2) is 60.7 Å². The van der Waals surface area contributed by atoms with Gasteiger partial charge in [-0.05, 0) is 24.5 Å². The molecule has 3 N–H and O–H groups in total. The van der Waals surface area contributed by atoms with Gasteiger partial charge >= 0.3 is 6.09 Å². The van der Waals surface area contributed by atoms with Crippen LogP contribution < -0.4 is 11.1 Å². The molecule has 0 aliphatic carbocycles. The van der Waals surface area contributed by atoms with Crippen molar-refractivity contribution < 1.29 is 19.1 Å². The number of ether oxygens (including phenoxy) is 1. The molecule has 2 aromatic rings. The van der Waals surface area contributed by atoms with Gasteiger partial charge in [-0.25, -0.2) is 4.79 Å². The highest BCUT2D eigenvalue weighted by Crippen LogP contribution is 2.35. The van der Waals surface area contributed by atoms with E-state index in [4.69, 9.17) is 10.5 Å². The second-order valence-corrected chi connectivity index (χ2v) is 7.23. The lowest BCUT2D eigenvalue weighted by Gasteiger charge is -2.50. The maximum absolute atomic E-state index is 13.1. The van der Waals surface area contributed by atoms with Crippen LogP contribution in [-0.2, 0) is 27.4 Å². The standard InChI is InChI=1S/C22H25N3O4/c1-16(19(23)26)24-20(27)22(14-17-8-4-2-5-9-17)12-13-25(22)21(28)29-15-18-10-6-3-7-11-18/h2-11,16H,12-15H2,1H3,(H2,23,26)(H,24,27)/t16-,22?/m1/s1. The Hall–Kier alpha value is -3.35. The van der Waals surface area contributed by atoms with Crippen LogP contribution in [-0.4, -0.2) is 40.9 Å². The van der Waals surface area contributed by atoms with Crippen LogP contribution in [0.4, 0.5) is 4.79 Å². The number of hydrogen-bond donors (Lipinski definition) is 2. The van der Waals surface area contributed by atoms with Crippen molar-refractivity contribution in [2.45, 2.75) is 38.0 Å². The van der Waals surface area contributed by atoms with Gasteiger partial charge in [0.25, 0.3) is 0 Å². The highest BCUT2D eigenvalue weighted by molar-refractivity contribution is 5.95. The summed E-state index contributed by atoms with van der Waals surface area (Å²) in [6.45, 7) is 2.04. The van der Waals surface area contributed by atoms with E-state index < -0.39 is 29.5 Å². The molecule has 29 heavy (non-hydrogen) atoms. The summed E-state index contributed by atoms with van der Waals surface area (Å²) in [5.74, 6) is -1.04. The Morgan fingerprint density at radius 3 is 2.17 bits per heavy atom. The summed E-state index contributed by atoms with van der Waals surface area (Å²) in [5, 5.41) is 2.64. The van der Waals surface area contributed by atoms with Crippen LogP contribution in [0.3, 0.4) is 0 Å². The van der Waals surface area contributed by atoms with E-state index in [1.807, 2.05) is 60.7 Å². The first-order valence-electron chi connectivity index (χ1n) is 9.55. The summed E-state index contributed by atoms with van der Waals surface area (Å²) >= 11 is 0. The van der Waals surface area contributed by atoms with Gasteiger partial charge in [0.15, 0.2) is 0 Å². The zero-order valence-electron chi connectivity index (χ0n) is 16.3. The third kappa shape index (κ3) is 4.56. The van der Waals surface area contributed by atoms with E-state index >= 15 is 0 Å². The summed E-state index contributed by atoms with van der Waals surface area (Å²) in [6.07, 6.45) is 0.239. The lowest BCUT2D eigenvalue weighted by Crippen LogP contribution is -2.71. The smallest absolute Gasteiger partial charge is 0.411 e. The van der Waals surface area contributed by atoms with Crippen molar-refractivity contribution >= 4 is 17.9 Å². The summed E-state index contributed by atoms with van der Waals surface area (Å²) < 4.78 is 5.44. The molecule has 2 atom stereocenters. The number of primary amides is 1. The molecule has 1 unspecified atom stereocenters. The fourth-order valence-electron chi connectivity index (χ4n) is 3.39. The second-order valence-electron chi connectivity index (χ2n) is 7.23. The number of likely N-dealkylation sites (tertiary alicyclic amines) is 1. The number of rotatable bonds is 7. The van der Waals surface area contributed by atoms with Crippen molar-refractivity contribution in [3.8, 4) is 0 Å². The molecule has 2 aromatic carbocycles. The molecule has 1 saturated heterocycles. The number of carbonyl (C=O) groups is 3. The van der Waals surface area contributed by atoms with E-state index in [-0.39, 0.29) is 6.61 Å². The molecule has 1 aliphatic rings. The van der Waals surface area contributed by atoms with Crippen molar-refractivity contribution in [1.29, 1.82) is 0 Å². The molecule has 7 heteroatoms. The quantitative estimate of drug-likeness (QED) is 0.749. The topological polar surface area (TPSA) is 102 Å². The van der Waals surface area contributed by atoms with Crippen molar-refractivity contribution in [2.75, 3.05) is 6.54 Å². The van der Waals surface area contributed by atoms with Gasteiger partial charge in [0.05, 0.1) is 0 Å². The molecule has 0 aromatic heterocycles. The van der Waals surface area contributed by atoms with Gasteiger partial charge in [0, 0.05) is 13.0 Å². The fraction of sp³-hybridized carbons (Fsp3) is 0.318. The Kier molecular flexibility index (Phi) is 6.16. The number of nitrogens with two attached hydrogens (primary N) is 1. The molecule has 0 spiro atoms. The van der Waals surface area contributed by atoms with Crippen molar-refractivity contribution in [3.05, 3.63) is 71.8 Å². The molecule has 0 bridgehead atoms. The van der Waals surface area contributed by atoms with Crippen molar-refractivity contribution in [1.82, 2.24) is 10.2 Å². The van der Waals surface area contributed by atoms with Crippen LogP contribution in [0, 0.1) is 0 Å². The normalized spacial score (nSPS) is 19.0. The van der Waals surface area contributed by atoms with Crippen LogP contribution >= 0.6 is 0 Å². The summed E-state index contributed by atoms with van der Waals surface area (Å²) in [5.41, 5.74) is 5.95. The monoisotopic (exact) mass is 395 g/mol. The lowest BCUT2D eigenvalue weighted by molar-refractivity contribution is -0.143. The van der Waals surface area contributed by atoms with Gasteiger partial charge in [-0.3, -0.25) is 14.5 Å². The molecule has 1 aliphatic heterocycles.